The molecule has 1 amide bonds. The van der Waals surface area contributed by atoms with Gasteiger partial charge in [-0.05, 0) is 44.0 Å². The Morgan fingerprint density at radius 2 is 1.85 bits per heavy atom. The number of fused-ring (bicyclic) bond motifs is 1. The second-order valence-electron chi connectivity index (χ2n) is 6.94. The first-order chi connectivity index (χ1) is 12.7. The van der Waals surface area contributed by atoms with E-state index < -0.39 is 0 Å². The highest BCUT2D eigenvalue weighted by Crippen LogP contribution is 2.25. The van der Waals surface area contributed by atoms with E-state index in [0.29, 0.717) is 12.6 Å². The first-order valence-electron chi connectivity index (χ1n) is 9.08. The van der Waals surface area contributed by atoms with Gasteiger partial charge in [0, 0.05) is 18.8 Å². The SMILES string of the molecule is Cc1ccc(NC(=O)CN2CCC(n3nnc4ccccc43)CC2)cc1. The van der Waals surface area contributed by atoms with Crippen LogP contribution in [0.2, 0.25) is 0 Å². The van der Waals surface area contributed by atoms with Crippen molar-refractivity contribution in [2.45, 2.75) is 25.8 Å². The van der Waals surface area contributed by atoms with Crippen LogP contribution in [-0.4, -0.2) is 45.4 Å². The van der Waals surface area contributed by atoms with Gasteiger partial charge in [0.25, 0.3) is 0 Å². The fraction of sp³-hybridized carbons (Fsp3) is 0.350. The summed E-state index contributed by atoms with van der Waals surface area (Å²) >= 11 is 0. The number of para-hydroxylation sites is 1. The highest BCUT2D eigenvalue weighted by Gasteiger charge is 2.24. The molecule has 4 rings (SSSR count). The van der Waals surface area contributed by atoms with Crippen LogP contribution >= 0.6 is 0 Å². The second-order valence-corrected chi connectivity index (χ2v) is 6.94. The van der Waals surface area contributed by atoms with Gasteiger partial charge in [-0.3, -0.25) is 9.69 Å². The fourth-order valence-electron chi connectivity index (χ4n) is 3.52. The Morgan fingerprint density at radius 1 is 1.12 bits per heavy atom. The lowest BCUT2D eigenvalue weighted by Crippen LogP contribution is -2.39. The molecular formula is C20H23N5O. The lowest BCUT2D eigenvalue weighted by molar-refractivity contribution is -0.117. The topological polar surface area (TPSA) is 63.1 Å². The molecule has 0 spiro atoms. The van der Waals surface area contributed by atoms with E-state index in [1.165, 1.54) is 5.56 Å². The molecule has 3 aromatic rings. The number of aromatic nitrogens is 3. The van der Waals surface area contributed by atoms with E-state index in [1.54, 1.807) is 0 Å². The van der Waals surface area contributed by atoms with Crippen molar-refractivity contribution in [3.8, 4) is 0 Å². The molecule has 1 fully saturated rings. The lowest BCUT2D eigenvalue weighted by atomic mass is 10.0. The summed E-state index contributed by atoms with van der Waals surface area (Å²) in [7, 11) is 0. The number of benzene rings is 2. The number of amides is 1. The zero-order chi connectivity index (χ0) is 17.9. The normalized spacial score (nSPS) is 16.0. The Bertz CT molecular complexity index is 894. The van der Waals surface area contributed by atoms with Gasteiger partial charge in [-0.1, -0.05) is 35.0 Å². The number of piperidine rings is 1. The first-order valence-corrected chi connectivity index (χ1v) is 9.08. The summed E-state index contributed by atoms with van der Waals surface area (Å²) in [5, 5.41) is 11.6. The Morgan fingerprint density at radius 3 is 2.62 bits per heavy atom. The Hall–Kier alpha value is -2.73. The fourth-order valence-corrected chi connectivity index (χ4v) is 3.52. The minimum Gasteiger partial charge on any atom is -0.325 e. The van der Waals surface area contributed by atoms with Crippen molar-refractivity contribution in [1.29, 1.82) is 0 Å². The van der Waals surface area contributed by atoms with Crippen molar-refractivity contribution in [1.82, 2.24) is 19.9 Å². The highest BCUT2D eigenvalue weighted by atomic mass is 16.2. The molecule has 0 saturated carbocycles. The summed E-state index contributed by atoms with van der Waals surface area (Å²) in [5.41, 5.74) is 4.06. The van der Waals surface area contributed by atoms with Gasteiger partial charge in [-0.25, -0.2) is 4.68 Å². The zero-order valence-corrected chi connectivity index (χ0v) is 14.9. The largest absolute Gasteiger partial charge is 0.325 e. The highest BCUT2D eigenvalue weighted by molar-refractivity contribution is 5.92. The van der Waals surface area contributed by atoms with Gasteiger partial charge >= 0.3 is 0 Å². The van der Waals surface area contributed by atoms with Crippen LogP contribution in [-0.2, 0) is 4.79 Å². The third-order valence-electron chi connectivity index (χ3n) is 4.98. The van der Waals surface area contributed by atoms with E-state index in [1.807, 2.05) is 54.1 Å². The quantitative estimate of drug-likeness (QED) is 0.786. The average Bonchev–Trinajstić information content (AvgIpc) is 3.08. The van der Waals surface area contributed by atoms with Crippen molar-refractivity contribution in [2.75, 3.05) is 25.0 Å². The number of likely N-dealkylation sites (tertiary alicyclic amines) is 1. The molecule has 0 radical (unpaired) electrons. The van der Waals surface area contributed by atoms with Crippen molar-refractivity contribution < 1.29 is 4.79 Å². The summed E-state index contributed by atoms with van der Waals surface area (Å²) in [6.45, 7) is 4.24. The molecule has 1 saturated heterocycles. The van der Waals surface area contributed by atoms with Crippen LogP contribution in [0.4, 0.5) is 5.69 Å². The molecule has 0 bridgehead atoms. The zero-order valence-electron chi connectivity index (χ0n) is 14.9. The molecule has 134 valence electrons. The molecule has 0 unspecified atom stereocenters. The maximum Gasteiger partial charge on any atom is 0.238 e. The lowest BCUT2D eigenvalue weighted by Gasteiger charge is -2.31. The van der Waals surface area contributed by atoms with Gasteiger partial charge < -0.3 is 5.32 Å². The molecular weight excluding hydrogens is 326 g/mol. The molecule has 6 nitrogen and oxygen atoms in total. The first kappa shape index (κ1) is 16.7. The minimum absolute atomic E-state index is 0.0403. The summed E-state index contributed by atoms with van der Waals surface area (Å²) in [6.07, 6.45) is 1.95. The molecule has 0 atom stereocenters. The van der Waals surface area contributed by atoms with Gasteiger partial charge in [0.1, 0.15) is 5.52 Å². The number of anilines is 1. The van der Waals surface area contributed by atoms with Gasteiger partial charge in [-0.15, -0.1) is 5.10 Å². The van der Waals surface area contributed by atoms with Gasteiger partial charge in [0.2, 0.25) is 5.91 Å². The Labute approximate surface area is 152 Å². The smallest absolute Gasteiger partial charge is 0.238 e. The third-order valence-corrected chi connectivity index (χ3v) is 4.98. The van der Waals surface area contributed by atoms with Crippen LogP contribution in [0.25, 0.3) is 11.0 Å². The predicted octanol–water partition coefficient (Wildman–Crippen LogP) is 3.02. The van der Waals surface area contributed by atoms with E-state index in [4.69, 9.17) is 0 Å². The van der Waals surface area contributed by atoms with Crippen molar-refractivity contribution in [3.63, 3.8) is 0 Å². The number of nitrogens with one attached hydrogen (secondary N) is 1. The predicted molar refractivity (Wildman–Crippen MR) is 102 cm³/mol. The van der Waals surface area contributed by atoms with Gasteiger partial charge in [0.05, 0.1) is 18.1 Å². The van der Waals surface area contributed by atoms with Gasteiger partial charge in [0.15, 0.2) is 0 Å². The Kier molecular flexibility index (Phi) is 4.67. The van der Waals surface area contributed by atoms with Crippen molar-refractivity contribution >= 4 is 22.6 Å². The summed E-state index contributed by atoms with van der Waals surface area (Å²) < 4.78 is 2.04. The van der Waals surface area contributed by atoms with E-state index in [9.17, 15) is 4.79 Å². The molecule has 1 aromatic heterocycles. The molecule has 1 aliphatic rings. The van der Waals surface area contributed by atoms with Crippen molar-refractivity contribution in [3.05, 3.63) is 54.1 Å². The van der Waals surface area contributed by atoms with Crippen LogP contribution in [0.15, 0.2) is 48.5 Å². The van der Waals surface area contributed by atoms with Crippen LogP contribution in [0.1, 0.15) is 24.4 Å². The van der Waals surface area contributed by atoms with Gasteiger partial charge in [-0.2, -0.15) is 0 Å². The maximum absolute atomic E-state index is 12.3. The molecule has 1 N–H and O–H groups in total. The van der Waals surface area contributed by atoms with Crippen LogP contribution in [0.5, 0.6) is 0 Å². The Balaban J connectivity index is 1.32. The van der Waals surface area contributed by atoms with Crippen LogP contribution in [0.3, 0.4) is 0 Å². The number of hydrogen-bond donors (Lipinski definition) is 1. The third kappa shape index (κ3) is 3.60. The molecule has 26 heavy (non-hydrogen) atoms. The summed E-state index contributed by atoms with van der Waals surface area (Å²) in [4.78, 5) is 14.5. The number of nitrogens with zero attached hydrogens (tertiary/aromatic N) is 4. The number of hydrogen-bond acceptors (Lipinski definition) is 4. The second kappa shape index (κ2) is 7.25. The minimum atomic E-state index is 0.0403. The molecule has 6 heteroatoms. The molecule has 2 heterocycles. The van der Waals surface area contributed by atoms with E-state index >= 15 is 0 Å². The molecule has 0 aliphatic carbocycles. The summed E-state index contributed by atoms with van der Waals surface area (Å²) in [6, 6.07) is 16.3. The van der Waals surface area contributed by atoms with Crippen LogP contribution < -0.4 is 5.32 Å². The molecule has 2 aromatic carbocycles. The number of rotatable bonds is 4. The van der Waals surface area contributed by atoms with E-state index in [0.717, 1.165) is 42.7 Å². The molecule has 1 aliphatic heterocycles. The number of carbonyl (C=O) groups is 1. The number of aryl methyl sites for hydroxylation is 1. The van der Waals surface area contributed by atoms with Crippen molar-refractivity contribution in [2.24, 2.45) is 0 Å². The summed E-state index contributed by atoms with van der Waals surface area (Å²) in [5.74, 6) is 0.0403. The standard InChI is InChI=1S/C20H23N5O/c1-15-6-8-16(9-7-15)21-20(26)14-24-12-10-17(11-13-24)25-19-5-3-2-4-18(19)22-23-25/h2-9,17H,10-14H2,1H3,(H,21,26). The van der Waals surface area contributed by atoms with Crippen LogP contribution in [0, 0.1) is 6.92 Å². The number of carbonyl (C=O) groups excluding carboxylic acids is 1. The van der Waals surface area contributed by atoms with E-state index in [-0.39, 0.29) is 5.91 Å². The monoisotopic (exact) mass is 349 g/mol. The maximum atomic E-state index is 12.3. The van der Waals surface area contributed by atoms with E-state index in [2.05, 4.69) is 26.6 Å². The average molecular weight is 349 g/mol.